The van der Waals surface area contributed by atoms with Gasteiger partial charge in [-0.1, -0.05) is 30.3 Å². The Labute approximate surface area is 123 Å². The average Bonchev–Trinajstić information content (AvgIpc) is 2.46. The van der Waals surface area contributed by atoms with Gasteiger partial charge < -0.3 is 0 Å². The standard InChI is InChI=1S/C16H14N2O2S/c1-11-9-16(18-15-8-3-2-7-14(11)15)12-5-4-6-13(10-12)21(17,19)20/h2-10H,1H3,(H2,17,19,20). The zero-order chi connectivity index (χ0) is 15.0. The second-order valence-electron chi connectivity index (χ2n) is 4.91. The van der Waals surface area contributed by atoms with Gasteiger partial charge in [-0.25, -0.2) is 18.5 Å². The van der Waals surface area contributed by atoms with Crippen LogP contribution in [0.4, 0.5) is 0 Å². The second-order valence-corrected chi connectivity index (χ2v) is 6.48. The van der Waals surface area contributed by atoms with E-state index in [0.717, 1.165) is 27.7 Å². The molecule has 1 heterocycles. The van der Waals surface area contributed by atoms with Gasteiger partial charge in [-0.3, -0.25) is 0 Å². The highest BCUT2D eigenvalue weighted by atomic mass is 32.2. The fourth-order valence-corrected chi connectivity index (χ4v) is 2.89. The maximum absolute atomic E-state index is 11.5. The Hall–Kier alpha value is -2.24. The zero-order valence-electron chi connectivity index (χ0n) is 11.4. The lowest BCUT2D eigenvalue weighted by atomic mass is 10.1. The molecule has 106 valence electrons. The lowest BCUT2D eigenvalue weighted by Crippen LogP contribution is -2.11. The van der Waals surface area contributed by atoms with Crippen molar-refractivity contribution in [1.82, 2.24) is 4.98 Å². The number of primary sulfonamides is 1. The van der Waals surface area contributed by atoms with Crippen molar-refractivity contribution in [2.75, 3.05) is 0 Å². The number of nitrogens with two attached hydrogens (primary N) is 1. The van der Waals surface area contributed by atoms with Crippen LogP contribution in [0.2, 0.25) is 0 Å². The predicted molar refractivity (Wildman–Crippen MR) is 83.3 cm³/mol. The predicted octanol–water partition coefficient (Wildman–Crippen LogP) is 2.86. The van der Waals surface area contributed by atoms with E-state index in [2.05, 4.69) is 4.98 Å². The Morgan fingerprint density at radius 2 is 1.76 bits per heavy atom. The number of sulfonamides is 1. The first kappa shape index (κ1) is 13.7. The van der Waals surface area contributed by atoms with E-state index in [4.69, 9.17) is 5.14 Å². The lowest BCUT2D eigenvalue weighted by Gasteiger charge is -2.07. The molecule has 2 aromatic carbocycles. The highest BCUT2D eigenvalue weighted by molar-refractivity contribution is 7.89. The van der Waals surface area contributed by atoms with Crippen LogP contribution in [-0.4, -0.2) is 13.4 Å². The number of aryl methyl sites for hydroxylation is 1. The normalized spacial score (nSPS) is 11.7. The van der Waals surface area contributed by atoms with Gasteiger partial charge in [0.2, 0.25) is 10.0 Å². The third kappa shape index (κ3) is 2.66. The zero-order valence-corrected chi connectivity index (χ0v) is 12.3. The molecular formula is C16H14N2O2S. The molecule has 0 aliphatic carbocycles. The van der Waals surface area contributed by atoms with Crippen molar-refractivity contribution in [2.24, 2.45) is 5.14 Å². The number of rotatable bonds is 2. The summed E-state index contributed by atoms with van der Waals surface area (Å²) in [6, 6.07) is 16.3. The first-order valence-electron chi connectivity index (χ1n) is 6.45. The van der Waals surface area contributed by atoms with Gasteiger partial charge in [0.05, 0.1) is 16.1 Å². The fraction of sp³-hybridized carbons (Fsp3) is 0.0625. The van der Waals surface area contributed by atoms with Gasteiger partial charge in [0.1, 0.15) is 0 Å². The van der Waals surface area contributed by atoms with Gasteiger partial charge in [0, 0.05) is 10.9 Å². The molecule has 1 aromatic heterocycles. The molecular weight excluding hydrogens is 284 g/mol. The van der Waals surface area contributed by atoms with E-state index in [9.17, 15) is 8.42 Å². The van der Waals surface area contributed by atoms with E-state index < -0.39 is 10.0 Å². The second kappa shape index (κ2) is 4.95. The number of hydrogen-bond acceptors (Lipinski definition) is 3. The third-order valence-corrected chi connectivity index (χ3v) is 4.29. The molecule has 3 aromatic rings. The molecule has 0 unspecified atom stereocenters. The van der Waals surface area contributed by atoms with Crippen molar-refractivity contribution in [3.8, 4) is 11.3 Å². The number of para-hydroxylation sites is 1. The minimum absolute atomic E-state index is 0.0904. The van der Waals surface area contributed by atoms with Crippen LogP contribution in [0.1, 0.15) is 5.56 Å². The molecule has 0 atom stereocenters. The van der Waals surface area contributed by atoms with Crippen LogP contribution >= 0.6 is 0 Å². The number of pyridine rings is 1. The average molecular weight is 298 g/mol. The lowest BCUT2D eigenvalue weighted by molar-refractivity contribution is 0.598. The van der Waals surface area contributed by atoms with E-state index in [1.807, 2.05) is 43.3 Å². The van der Waals surface area contributed by atoms with Gasteiger partial charge in [-0.05, 0) is 36.8 Å². The van der Waals surface area contributed by atoms with E-state index in [-0.39, 0.29) is 4.90 Å². The van der Waals surface area contributed by atoms with Crippen molar-refractivity contribution in [2.45, 2.75) is 11.8 Å². The minimum Gasteiger partial charge on any atom is -0.248 e. The van der Waals surface area contributed by atoms with Crippen LogP contribution in [0.3, 0.4) is 0 Å². The number of benzene rings is 2. The highest BCUT2D eigenvalue weighted by Gasteiger charge is 2.10. The minimum atomic E-state index is -3.71. The third-order valence-electron chi connectivity index (χ3n) is 3.38. The van der Waals surface area contributed by atoms with Gasteiger partial charge in [0.25, 0.3) is 0 Å². The van der Waals surface area contributed by atoms with Crippen LogP contribution < -0.4 is 5.14 Å². The summed E-state index contributed by atoms with van der Waals surface area (Å²) in [7, 11) is -3.71. The number of fused-ring (bicyclic) bond motifs is 1. The van der Waals surface area contributed by atoms with E-state index >= 15 is 0 Å². The Kier molecular flexibility index (Phi) is 3.23. The van der Waals surface area contributed by atoms with Crippen LogP contribution in [-0.2, 0) is 10.0 Å². The summed E-state index contributed by atoms with van der Waals surface area (Å²) in [5.41, 5.74) is 3.44. The summed E-state index contributed by atoms with van der Waals surface area (Å²) >= 11 is 0. The molecule has 4 nitrogen and oxygen atoms in total. The molecule has 0 saturated carbocycles. The van der Waals surface area contributed by atoms with E-state index in [1.54, 1.807) is 12.1 Å². The van der Waals surface area contributed by atoms with E-state index in [0.29, 0.717) is 0 Å². The maximum atomic E-state index is 11.5. The topological polar surface area (TPSA) is 73.1 Å². The van der Waals surface area contributed by atoms with Crippen molar-refractivity contribution in [1.29, 1.82) is 0 Å². The van der Waals surface area contributed by atoms with Gasteiger partial charge in [-0.15, -0.1) is 0 Å². The SMILES string of the molecule is Cc1cc(-c2cccc(S(N)(=O)=O)c2)nc2ccccc12. The Morgan fingerprint density at radius 3 is 2.52 bits per heavy atom. The van der Waals surface area contributed by atoms with Gasteiger partial charge in [-0.2, -0.15) is 0 Å². The van der Waals surface area contributed by atoms with Crippen LogP contribution in [0, 0.1) is 6.92 Å². The van der Waals surface area contributed by atoms with Crippen molar-refractivity contribution in [3.05, 3.63) is 60.2 Å². The smallest absolute Gasteiger partial charge is 0.238 e. The molecule has 3 rings (SSSR count). The molecule has 0 aliphatic rings. The Balaban J connectivity index is 2.21. The molecule has 0 fully saturated rings. The molecule has 0 saturated heterocycles. The maximum Gasteiger partial charge on any atom is 0.238 e. The number of hydrogen-bond donors (Lipinski definition) is 1. The number of aromatic nitrogens is 1. The first-order chi connectivity index (χ1) is 9.95. The van der Waals surface area contributed by atoms with Gasteiger partial charge >= 0.3 is 0 Å². The Morgan fingerprint density at radius 1 is 1.00 bits per heavy atom. The van der Waals surface area contributed by atoms with Crippen molar-refractivity contribution < 1.29 is 8.42 Å². The fourth-order valence-electron chi connectivity index (χ4n) is 2.33. The van der Waals surface area contributed by atoms with Crippen LogP contribution in [0.15, 0.2) is 59.5 Å². The quantitative estimate of drug-likeness (QED) is 0.790. The summed E-state index contributed by atoms with van der Waals surface area (Å²) in [5.74, 6) is 0. The molecule has 2 N–H and O–H groups in total. The summed E-state index contributed by atoms with van der Waals surface area (Å²) in [4.78, 5) is 4.68. The van der Waals surface area contributed by atoms with Gasteiger partial charge in [0.15, 0.2) is 0 Å². The first-order valence-corrected chi connectivity index (χ1v) is 7.99. The van der Waals surface area contributed by atoms with E-state index in [1.165, 1.54) is 6.07 Å². The van der Waals surface area contributed by atoms with Crippen molar-refractivity contribution in [3.63, 3.8) is 0 Å². The summed E-state index contributed by atoms with van der Waals surface area (Å²) in [6.45, 7) is 2.01. The molecule has 5 heteroatoms. The monoisotopic (exact) mass is 298 g/mol. The summed E-state index contributed by atoms with van der Waals surface area (Å²) < 4.78 is 22.9. The molecule has 0 bridgehead atoms. The molecule has 21 heavy (non-hydrogen) atoms. The molecule has 0 spiro atoms. The summed E-state index contributed by atoms with van der Waals surface area (Å²) in [5, 5.41) is 6.26. The molecule has 0 aliphatic heterocycles. The Bertz CT molecular complexity index is 934. The van der Waals surface area contributed by atoms with Crippen molar-refractivity contribution >= 4 is 20.9 Å². The highest BCUT2D eigenvalue weighted by Crippen LogP contribution is 2.25. The largest absolute Gasteiger partial charge is 0.248 e. The molecule has 0 radical (unpaired) electrons. The van der Waals surface area contributed by atoms with Crippen LogP contribution in [0.25, 0.3) is 22.2 Å². The van der Waals surface area contributed by atoms with Crippen LogP contribution in [0.5, 0.6) is 0 Å². The number of nitrogens with zero attached hydrogens (tertiary/aromatic N) is 1. The summed E-state index contributed by atoms with van der Waals surface area (Å²) in [6.07, 6.45) is 0. The molecule has 0 amide bonds.